The van der Waals surface area contributed by atoms with Gasteiger partial charge in [0, 0.05) is 32.6 Å². The first-order valence-electron chi connectivity index (χ1n) is 7.97. The SMILES string of the molecule is COC[C@@H]1CCCN1c1cc(OC2(C(=O)OC)CC2)nc(C)n1. The molecule has 7 heteroatoms. The van der Waals surface area contributed by atoms with Gasteiger partial charge in [-0.2, -0.15) is 4.98 Å². The average Bonchev–Trinajstić information content (AvgIpc) is 3.15. The van der Waals surface area contributed by atoms with Crippen LogP contribution in [0.5, 0.6) is 5.88 Å². The topological polar surface area (TPSA) is 73.8 Å². The van der Waals surface area contributed by atoms with Gasteiger partial charge in [0.05, 0.1) is 19.8 Å². The van der Waals surface area contributed by atoms with E-state index in [9.17, 15) is 4.79 Å². The third-order valence-corrected chi connectivity index (χ3v) is 4.39. The van der Waals surface area contributed by atoms with Gasteiger partial charge in [-0.25, -0.2) is 9.78 Å². The van der Waals surface area contributed by atoms with Crippen molar-refractivity contribution in [2.45, 2.75) is 44.2 Å². The predicted octanol–water partition coefficient (Wildman–Crippen LogP) is 1.48. The van der Waals surface area contributed by atoms with Crippen molar-refractivity contribution in [1.29, 1.82) is 0 Å². The third kappa shape index (κ3) is 3.24. The Hall–Kier alpha value is -1.89. The first-order valence-corrected chi connectivity index (χ1v) is 7.97. The molecule has 0 aromatic carbocycles. The van der Waals surface area contributed by atoms with Crippen LogP contribution in [0.1, 0.15) is 31.5 Å². The molecule has 1 aromatic rings. The number of anilines is 1. The van der Waals surface area contributed by atoms with E-state index in [0.29, 0.717) is 37.2 Å². The molecule has 1 aliphatic heterocycles. The zero-order valence-electron chi connectivity index (χ0n) is 13.9. The van der Waals surface area contributed by atoms with Gasteiger partial charge in [-0.1, -0.05) is 0 Å². The Labute approximate surface area is 136 Å². The minimum atomic E-state index is -0.857. The maximum Gasteiger partial charge on any atom is 0.350 e. The number of ether oxygens (including phenoxy) is 3. The second-order valence-electron chi connectivity index (χ2n) is 6.14. The van der Waals surface area contributed by atoms with Gasteiger partial charge >= 0.3 is 5.97 Å². The van der Waals surface area contributed by atoms with E-state index in [1.807, 2.05) is 13.0 Å². The number of carbonyl (C=O) groups excluding carboxylic acids is 1. The van der Waals surface area contributed by atoms with Crippen molar-refractivity contribution in [2.75, 3.05) is 32.3 Å². The van der Waals surface area contributed by atoms with Crippen molar-refractivity contribution < 1.29 is 19.0 Å². The lowest BCUT2D eigenvalue weighted by molar-refractivity contribution is -0.151. The summed E-state index contributed by atoms with van der Waals surface area (Å²) in [4.78, 5) is 22.9. The number of aryl methyl sites for hydroxylation is 1. The third-order valence-electron chi connectivity index (χ3n) is 4.39. The smallest absolute Gasteiger partial charge is 0.350 e. The summed E-state index contributed by atoms with van der Waals surface area (Å²) in [5.74, 6) is 1.54. The zero-order chi connectivity index (χ0) is 16.4. The molecule has 2 fully saturated rings. The first-order chi connectivity index (χ1) is 11.1. The molecule has 23 heavy (non-hydrogen) atoms. The summed E-state index contributed by atoms with van der Waals surface area (Å²) in [5, 5.41) is 0. The molecule has 7 nitrogen and oxygen atoms in total. The van der Waals surface area contributed by atoms with Crippen LogP contribution in [0.15, 0.2) is 6.07 Å². The highest BCUT2D eigenvalue weighted by atomic mass is 16.6. The van der Waals surface area contributed by atoms with Gasteiger partial charge in [0.15, 0.2) is 0 Å². The predicted molar refractivity (Wildman–Crippen MR) is 83.6 cm³/mol. The summed E-state index contributed by atoms with van der Waals surface area (Å²) >= 11 is 0. The summed E-state index contributed by atoms with van der Waals surface area (Å²) in [6.45, 7) is 3.44. The van der Waals surface area contributed by atoms with E-state index in [4.69, 9.17) is 14.2 Å². The average molecular weight is 321 g/mol. The fourth-order valence-corrected chi connectivity index (χ4v) is 3.08. The van der Waals surface area contributed by atoms with Crippen LogP contribution in [0.2, 0.25) is 0 Å². The van der Waals surface area contributed by atoms with E-state index in [0.717, 1.165) is 25.2 Å². The van der Waals surface area contributed by atoms with Crippen molar-refractivity contribution >= 4 is 11.8 Å². The fraction of sp³-hybridized carbons (Fsp3) is 0.688. The molecule has 0 radical (unpaired) electrons. The fourth-order valence-electron chi connectivity index (χ4n) is 3.08. The number of nitrogens with zero attached hydrogens (tertiary/aromatic N) is 3. The summed E-state index contributed by atoms with van der Waals surface area (Å²) in [5.41, 5.74) is -0.857. The Morgan fingerprint density at radius 3 is 2.83 bits per heavy atom. The Bertz CT molecular complexity index is 589. The van der Waals surface area contributed by atoms with E-state index in [-0.39, 0.29) is 5.97 Å². The van der Waals surface area contributed by atoms with E-state index >= 15 is 0 Å². The molecule has 1 saturated carbocycles. The van der Waals surface area contributed by atoms with Crippen LogP contribution < -0.4 is 9.64 Å². The second kappa shape index (κ2) is 6.31. The highest BCUT2D eigenvalue weighted by molar-refractivity contribution is 5.83. The maximum absolute atomic E-state index is 11.8. The molecule has 1 saturated heterocycles. The van der Waals surface area contributed by atoms with Gasteiger partial charge in [-0.3, -0.25) is 0 Å². The van der Waals surface area contributed by atoms with Gasteiger partial charge in [-0.15, -0.1) is 0 Å². The molecule has 1 aromatic heterocycles. The molecule has 1 aliphatic carbocycles. The summed E-state index contributed by atoms with van der Waals surface area (Å²) < 4.78 is 16.0. The summed E-state index contributed by atoms with van der Waals surface area (Å²) in [7, 11) is 3.09. The molecule has 2 heterocycles. The number of methoxy groups -OCH3 is 2. The van der Waals surface area contributed by atoms with Crippen LogP contribution in [0.3, 0.4) is 0 Å². The van der Waals surface area contributed by atoms with E-state index in [2.05, 4.69) is 14.9 Å². The van der Waals surface area contributed by atoms with E-state index < -0.39 is 5.60 Å². The Morgan fingerprint density at radius 2 is 2.17 bits per heavy atom. The Kier molecular flexibility index (Phi) is 4.39. The van der Waals surface area contributed by atoms with Gasteiger partial charge in [-0.05, 0) is 19.8 Å². The van der Waals surface area contributed by atoms with Crippen molar-refractivity contribution in [2.24, 2.45) is 0 Å². The molecular formula is C16H23N3O4. The molecule has 126 valence electrons. The van der Waals surface area contributed by atoms with Crippen molar-refractivity contribution in [3.63, 3.8) is 0 Å². The molecule has 0 N–H and O–H groups in total. The zero-order valence-corrected chi connectivity index (χ0v) is 13.9. The Morgan fingerprint density at radius 1 is 1.39 bits per heavy atom. The molecule has 0 spiro atoms. The minimum absolute atomic E-state index is 0.317. The lowest BCUT2D eigenvalue weighted by Crippen LogP contribution is -2.34. The second-order valence-corrected chi connectivity index (χ2v) is 6.14. The van der Waals surface area contributed by atoms with E-state index in [1.165, 1.54) is 7.11 Å². The number of rotatable bonds is 6. The van der Waals surface area contributed by atoms with Gasteiger partial charge in [0.25, 0.3) is 0 Å². The van der Waals surface area contributed by atoms with Crippen molar-refractivity contribution in [1.82, 2.24) is 9.97 Å². The van der Waals surface area contributed by atoms with Crippen LogP contribution >= 0.6 is 0 Å². The molecule has 0 unspecified atom stereocenters. The van der Waals surface area contributed by atoms with Gasteiger partial charge in [0.1, 0.15) is 11.6 Å². The quantitative estimate of drug-likeness (QED) is 0.735. The van der Waals surface area contributed by atoms with Crippen LogP contribution in [0.25, 0.3) is 0 Å². The van der Waals surface area contributed by atoms with Gasteiger partial charge < -0.3 is 19.1 Å². The van der Waals surface area contributed by atoms with Crippen molar-refractivity contribution in [3.8, 4) is 5.88 Å². The number of aromatic nitrogens is 2. The monoisotopic (exact) mass is 321 g/mol. The molecule has 2 aliphatic rings. The summed E-state index contributed by atoms with van der Waals surface area (Å²) in [6.07, 6.45) is 3.51. The normalized spacial score (nSPS) is 22.0. The highest BCUT2D eigenvalue weighted by Gasteiger charge is 2.54. The first kappa shape index (κ1) is 16.0. The molecule has 0 amide bonds. The lowest BCUT2D eigenvalue weighted by atomic mass is 10.2. The lowest BCUT2D eigenvalue weighted by Gasteiger charge is -2.26. The number of carbonyl (C=O) groups is 1. The molecule has 0 bridgehead atoms. The van der Waals surface area contributed by atoms with E-state index in [1.54, 1.807) is 7.11 Å². The Balaban J connectivity index is 1.81. The minimum Gasteiger partial charge on any atom is -0.466 e. The molecule has 1 atom stereocenters. The summed E-state index contributed by atoms with van der Waals surface area (Å²) in [6, 6.07) is 2.13. The van der Waals surface area contributed by atoms with Crippen LogP contribution in [0.4, 0.5) is 5.82 Å². The number of hydrogen-bond acceptors (Lipinski definition) is 7. The highest BCUT2D eigenvalue weighted by Crippen LogP contribution is 2.41. The van der Waals surface area contributed by atoms with Crippen molar-refractivity contribution in [3.05, 3.63) is 11.9 Å². The van der Waals surface area contributed by atoms with Gasteiger partial charge in [0.2, 0.25) is 11.5 Å². The number of hydrogen-bond donors (Lipinski definition) is 0. The molecular weight excluding hydrogens is 298 g/mol. The van der Waals surface area contributed by atoms with Crippen LogP contribution in [-0.2, 0) is 14.3 Å². The maximum atomic E-state index is 11.8. The molecule has 3 rings (SSSR count). The standard InChI is InChI=1S/C16H23N3O4/c1-11-17-13(19-8-4-5-12(19)10-21-2)9-14(18-11)23-16(6-7-16)15(20)22-3/h9,12H,4-8,10H2,1-3H3/t12-/m0/s1. The van der Waals surface area contributed by atoms with Crippen LogP contribution in [-0.4, -0.2) is 55.0 Å². The number of esters is 1. The van der Waals surface area contributed by atoms with Crippen LogP contribution in [0, 0.1) is 6.92 Å². The largest absolute Gasteiger partial charge is 0.466 e.